The van der Waals surface area contributed by atoms with Crippen molar-refractivity contribution in [3.8, 4) is 11.8 Å². The molecule has 0 heterocycles. The van der Waals surface area contributed by atoms with Gasteiger partial charge >= 0.3 is 5.97 Å². The van der Waals surface area contributed by atoms with Crippen LogP contribution < -0.4 is 4.74 Å². The smallest absolute Gasteiger partial charge is 0.346 e. The number of nitrogens with zero attached hydrogens (tertiary/aromatic N) is 1. The lowest BCUT2D eigenvalue weighted by Crippen LogP contribution is -2.25. The number of nitriles is 1. The van der Waals surface area contributed by atoms with Gasteiger partial charge in [0.1, 0.15) is 5.75 Å². The number of hydrogen-bond acceptors (Lipinski definition) is 4. The van der Waals surface area contributed by atoms with Crippen LogP contribution in [0, 0.1) is 25.2 Å². The molecule has 0 fully saturated rings. The van der Waals surface area contributed by atoms with Crippen molar-refractivity contribution in [1.29, 1.82) is 5.26 Å². The Kier molecular flexibility index (Phi) is 4.11. The van der Waals surface area contributed by atoms with E-state index in [1.807, 2.05) is 13.8 Å². The van der Waals surface area contributed by atoms with E-state index in [0.717, 1.165) is 11.1 Å². The molecule has 0 bridgehead atoms. The van der Waals surface area contributed by atoms with E-state index in [1.54, 1.807) is 19.1 Å². The van der Waals surface area contributed by atoms with Gasteiger partial charge in [-0.2, -0.15) is 5.26 Å². The first-order chi connectivity index (χ1) is 7.99. The molecule has 0 aromatic heterocycles. The minimum absolute atomic E-state index is 0.423. The SMILES string of the molecule is COC(=O)[C@@H](C)Oc1c(C)cc(C#N)cc1C. The highest BCUT2D eigenvalue weighted by Crippen LogP contribution is 2.25. The fourth-order valence-electron chi connectivity index (χ4n) is 1.59. The van der Waals surface area contributed by atoms with Crippen molar-refractivity contribution in [2.45, 2.75) is 26.9 Å². The van der Waals surface area contributed by atoms with Crippen molar-refractivity contribution in [3.05, 3.63) is 28.8 Å². The first-order valence-corrected chi connectivity index (χ1v) is 5.25. The molecule has 1 aromatic carbocycles. The number of hydrogen-bond donors (Lipinski definition) is 0. The molecule has 0 saturated heterocycles. The third-order valence-electron chi connectivity index (χ3n) is 2.42. The minimum atomic E-state index is -0.662. The molecule has 1 rings (SSSR count). The summed E-state index contributed by atoms with van der Waals surface area (Å²) in [7, 11) is 1.32. The molecule has 0 spiro atoms. The third kappa shape index (κ3) is 2.97. The summed E-state index contributed by atoms with van der Waals surface area (Å²) >= 11 is 0. The summed E-state index contributed by atoms with van der Waals surface area (Å²) in [6.07, 6.45) is -0.662. The molecular formula is C13H15NO3. The summed E-state index contributed by atoms with van der Waals surface area (Å²) < 4.78 is 10.1. The summed E-state index contributed by atoms with van der Waals surface area (Å²) in [5.41, 5.74) is 2.24. The van der Waals surface area contributed by atoms with Gasteiger partial charge in [0.2, 0.25) is 0 Å². The number of carbonyl (C=O) groups is 1. The quantitative estimate of drug-likeness (QED) is 0.750. The second-order valence-electron chi connectivity index (χ2n) is 3.83. The van der Waals surface area contributed by atoms with Crippen LogP contribution in [0.15, 0.2) is 12.1 Å². The average molecular weight is 233 g/mol. The van der Waals surface area contributed by atoms with Gasteiger partial charge in [0.25, 0.3) is 0 Å². The maximum atomic E-state index is 11.3. The second-order valence-corrected chi connectivity index (χ2v) is 3.83. The van der Waals surface area contributed by atoms with Crippen LogP contribution in [-0.2, 0) is 9.53 Å². The van der Waals surface area contributed by atoms with Gasteiger partial charge in [-0.05, 0) is 44.0 Å². The molecule has 0 radical (unpaired) electrons. The fourth-order valence-corrected chi connectivity index (χ4v) is 1.59. The van der Waals surface area contributed by atoms with Crippen molar-refractivity contribution < 1.29 is 14.3 Å². The topological polar surface area (TPSA) is 59.3 Å². The molecule has 4 heteroatoms. The standard InChI is InChI=1S/C13H15NO3/c1-8-5-11(7-14)6-9(2)12(8)17-10(3)13(15)16-4/h5-6,10H,1-4H3/t10-/m1/s1. The number of rotatable bonds is 3. The van der Waals surface area contributed by atoms with Gasteiger partial charge in [-0.25, -0.2) is 4.79 Å². The van der Waals surface area contributed by atoms with Crippen molar-refractivity contribution in [2.75, 3.05) is 7.11 Å². The molecule has 0 aliphatic carbocycles. The Balaban J connectivity index is 3.00. The van der Waals surface area contributed by atoms with Crippen LogP contribution in [0.3, 0.4) is 0 Å². The van der Waals surface area contributed by atoms with Crippen molar-refractivity contribution in [3.63, 3.8) is 0 Å². The van der Waals surface area contributed by atoms with Gasteiger partial charge in [-0.1, -0.05) is 0 Å². The zero-order valence-electron chi connectivity index (χ0n) is 10.4. The molecule has 0 aliphatic heterocycles. The summed E-state index contributed by atoms with van der Waals surface area (Å²) in [5.74, 6) is 0.204. The van der Waals surface area contributed by atoms with Gasteiger partial charge in [0, 0.05) is 0 Å². The Bertz CT molecular complexity index is 451. The molecule has 1 aromatic rings. The zero-order chi connectivity index (χ0) is 13.0. The molecule has 17 heavy (non-hydrogen) atoms. The lowest BCUT2D eigenvalue weighted by Gasteiger charge is -2.16. The Hall–Kier alpha value is -2.02. The Labute approximate surface area is 101 Å². The van der Waals surface area contributed by atoms with E-state index in [9.17, 15) is 4.79 Å². The van der Waals surface area contributed by atoms with Gasteiger partial charge < -0.3 is 9.47 Å². The Morgan fingerprint density at radius 1 is 1.35 bits per heavy atom. The molecule has 0 saturated carbocycles. The van der Waals surface area contributed by atoms with Crippen LogP contribution in [0.1, 0.15) is 23.6 Å². The Morgan fingerprint density at radius 3 is 2.29 bits per heavy atom. The number of benzene rings is 1. The molecule has 90 valence electrons. The molecule has 0 N–H and O–H groups in total. The van der Waals surface area contributed by atoms with Gasteiger partial charge in [-0.3, -0.25) is 0 Å². The third-order valence-corrected chi connectivity index (χ3v) is 2.42. The van der Waals surface area contributed by atoms with E-state index < -0.39 is 12.1 Å². The predicted octanol–water partition coefficient (Wildman–Crippen LogP) is 2.12. The maximum Gasteiger partial charge on any atom is 0.346 e. The number of ether oxygens (including phenoxy) is 2. The summed E-state index contributed by atoms with van der Waals surface area (Å²) in [6, 6.07) is 5.53. The minimum Gasteiger partial charge on any atom is -0.478 e. The molecule has 4 nitrogen and oxygen atoms in total. The summed E-state index contributed by atoms with van der Waals surface area (Å²) in [6.45, 7) is 5.31. The predicted molar refractivity (Wildman–Crippen MR) is 62.7 cm³/mol. The fraction of sp³-hybridized carbons (Fsp3) is 0.385. The van der Waals surface area contributed by atoms with Gasteiger partial charge in [0.05, 0.1) is 18.7 Å². The highest BCUT2D eigenvalue weighted by Gasteiger charge is 2.17. The lowest BCUT2D eigenvalue weighted by atomic mass is 10.1. The molecule has 0 aliphatic rings. The van der Waals surface area contributed by atoms with Crippen LogP contribution >= 0.6 is 0 Å². The number of carbonyl (C=O) groups excluding carboxylic acids is 1. The Morgan fingerprint density at radius 2 is 1.88 bits per heavy atom. The number of methoxy groups -OCH3 is 1. The van der Waals surface area contributed by atoms with Crippen molar-refractivity contribution in [1.82, 2.24) is 0 Å². The van der Waals surface area contributed by atoms with Crippen LogP contribution in [0.2, 0.25) is 0 Å². The first-order valence-electron chi connectivity index (χ1n) is 5.25. The lowest BCUT2D eigenvalue weighted by molar-refractivity contribution is -0.147. The van der Waals surface area contributed by atoms with E-state index in [2.05, 4.69) is 10.8 Å². The average Bonchev–Trinajstić information content (AvgIpc) is 2.31. The molecule has 1 atom stereocenters. The van der Waals surface area contributed by atoms with E-state index in [4.69, 9.17) is 10.00 Å². The first kappa shape index (κ1) is 13.0. The maximum absolute atomic E-state index is 11.3. The van der Waals surface area contributed by atoms with Crippen molar-refractivity contribution >= 4 is 5.97 Å². The normalized spacial score (nSPS) is 11.5. The highest BCUT2D eigenvalue weighted by molar-refractivity contribution is 5.74. The largest absolute Gasteiger partial charge is 0.478 e. The summed E-state index contributed by atoms with van der Waals surface area (Å²) in [4.78, 5) is 11.3. The van der Waals surface area contributed by atoms with E-state index in [-0.39, 0.29) is 0 Å². The monoisotopic (exact) mass is 233 g/mol. The van der Waals surface area contributed by atoms with Gasteiger partial charge in [0.15, 0.2) is 6.10 Å². The van der Waals surface area contributed by atoms with Crippen molar-refractivity contribution in [2.24, 2.45) is 0 Å². The number of esters is 1. The zero-order valence-corrected chi connectivity index (χ0v) is 10.4. The van der Waals surface area contributed by atoms with E-state index >= 15 is 0 Å². The molecular weight excluding hydrogens is 218 g/mol. The van der Waals surface area contributed by atoms with Crippen LogP contribution in [0.25, 0.3) is 0 Å². The van der Waals surface area contributed by atoms with Crippen LogP contribution in [0.4, 0.5) is 0 Å². The van der Waals surface area contributed by atoms with E-state index in [0.29, 0.717) is 11.3 Å². The molecule has 0 unspecified atom stereocenters. The number of aryl methyl sites for hydroxylation is 2. The second kappa shape index (κ2) is 5.35. The van der Waals surface area contributed by atoms with Gasteiger partial charge in [-0.15, -0.1) is 0 Å². The van der Waals surface area contributed by atoms with Crippen LogP contribution in [-0.4, -0.2) is 19.2 Å². The highest BCUT2D eigenvalue weighted by atomic mass is 16.6. The summed E-state index contributed by atoms with van der Waals surface area (Å²) in [5, 5.41) is 8.82. The van der Waals surface area contributed by atoms with E-state index in [1.165, 1.54) is 7.11 Å². The molecule has 0 amide bonds. The van der Waals surface area contributed by atoms with Crippen LogP contribution in [0.5, 0.6) is 5.75 Å².